The van der Waals surface area contributed by atoms with E-state index in [2.05, 4.69) is 5.32 Å². The standard InChI is InChI=1S/C21H29ClN2O5S/c22-18-11-10-16(14-19(18)30(27,28)24-12-6-1-2-7-13-24)21(26)29-15-20(25)23-17-8-4-3-5-9-17/h10-11,14,17H,1-9,12-13,15H2,(H,23,25). The number of carbonyl (C=O) groups excluding carboxylic acids is 2. The fourth-order valence-electron chi connectivity index (χ4n) is 3.98. The highest BCUT2D eigenvalue weighted by Crippen LogP contribution is 2.28. The zero-order chi connectivity index (χ0) is 21.6. The van der Waals surface area contributed by atoms with Gasteiger partial charge in [0.1, 0.15) is 4.90 Å². The zero-order valence-corrected chi connectivity index (χ0v) is 18.6. The summed E-state index contributed by atoms with van der Waals surface area (Å²) in [6, 6.07) is 4.16. The smallest absolute Gasteiger partial charge is 0.338 e. The van der Waals surface area contributed by atoms with Gasteiger partial charge in [-0.2, -0.15) is 4.31 Å². The Hall–Kier alpha value is -1.64. The van der Waals surface area contributed by atoms with Crippen LogP contribution in [0.2, 0.25) is 5.02 Å². The van der Waals surface area contributed by atoms with Gasteiger partial charge in [-0.05, 0) is 43.9 Å². The van der Waals surface area contributed by atoms with Crippen molar-refractivity contribution in [3.8, 4) is 0 Å². The van der Waals surface area contributed by atoms with Gasteiger partial charge in [0.2, 0.25) is 10.0 Å². The predicted molar refractivity (Wildman–Crippen MR) is 114 cm³/mol. The average Bonchev–Trinajstić information content (AvgIpc) is 3.03. The number of hydrogen-bond donors (Lipinski definition) is 1. The third kappa shape index (κ3) is 5.95. The number of halogens is 1. The molecule has 30 heavy (non-hydrogen) atoms. The Balaban J connectivity index is 1.64. The maximum Gasteiger partial charge on any atom is 0.338 e. The molecule has 1 saturated carbocycles. The Labute approximate surface area is 183 Å². The zero-order valence-electron chi connectivity index (χ0n) is 17.1. The molecule has 2 fully saturated rings. The van der Waals surface area contributed by atoms with Gasteiger partial charge >= 0.3 is 5.97 Å². The van der Waals surface area contributed by atoms with Crippen LogP contribution in [0.3, 0.4) is 0 Å². The fraction of sp³-hybridized carbons (Fsp3) is 0.619. The number of nitrogens with zero attached hydrogens (tertiary/aromatic N) is 1. The van der Waals surface area contributed by atoms with Gasteiger partial charge in [0.15, 0.2) is 6.61 Å². The molecule has 0 radical (unpaired) electrons. The van der Waals surface area contributed by atoms with E-state index in [1.807, 2.05) is 0 Å². The minimum atomic E-state index is -3.81. The molecule has 0 aromatic heterocycles. The molecule has 1 aromatic rings. The van der Waals surface area contributed by atoms with Crippen LogP contribution in [0.4, 0.5) is 0 Å². The van der Waals surface area contributed by atoms with E-state index in [1.165, 1.54) is 28.9 Å². The number of rotatable bonds is 6. The van der Waals surface area contributed by atoms with Crippen molar-refractivity contribution < 1.29 is 22.7 Å². The van der Waals surface area contributed by atoms with E-state index in [0.717, 1.165) is 51.4 Å². The lowest BCUT2D eigenvalue weighted by molar-refractivity contribution is -0.125. The third-order valence-corrected chi connectivity index (χ3v) is 8.03. The molecule has 0 spiro atoms. The van der Waals surface area contributed by atoms with E-state index in [4.69, 9.17) is 16.3 Å². The monoisotopic (exact) mass is 456 g/mol. The van der Waals surface area contributed by atoms with Gasteiger partial charge in [0, 0.05) is 19.1 Å². The molecule has 166 valence electrons. The number of esters is 1. The molecule has 2 aliphatic rings. The van der Waals surface area contributed by atoms with Crippen LogP contribution in [0.5, 0.6) is 0 Å². The molecule has 1 heterocycles. The molecule has 1 aliphatic heterocycles. The number of amides is 1. The van der Waals surface area contributed by atoms with Gasteiger partial charge in [0.05, 0.1) is 10.6 Å². The lowest BCUT2D eigenvalue weighted by Crippen LogP contribution is -2.38. The quantitative estimate of drug-likeness (QED) is 0.661. The first-order valence-corrected chi connectivity index (χ1v) is 12.5. The fourth-order valence-corrected chi connectivity index (χ4v) is 6.00. The van der Waals surface area contributed by atoms with Crippen LogP contribution in [-0.2, 0) is 19.6 Å². The number of ether oxygens (including phenoxy) is 1. The normalized spacial score (nSPS) is 19.1. The highest BCUT2D eigenvalue weighted by Gasteiger charge is 2.28. The third-order valence-electron chi connectivity index (χ3n) is 5.65. The predicted octanol–water partition coefficient (Wildman–Crippen LogP) is 3.51. The topological polar surface area (TPSA) is 92.8 Å². The molecule has 0 bridgehead atoms. The second-order valence-corrected chi connectivity index (χ2v) is 10.3. The molecule has 3 rings (SSSR count). The molecule has 9 heteroatoms. The number of sulfonamides is 1. The summed E-state index contributed by atoms with van der Waals surface area (Å²) >= 11 is 6.16. The lowest BCUT2D eigenvalue weighted by atomic mass is 9.95. The number of nitrogens with one attached hydrogen (secondary N) is 1. The Morgan fingerprint density at radius 1 is 1.03 bits per heavy atom. The Kier molecular flexibility index (Phi) is 8.13. The Morgan fingerprint density at radius 3 is 2.33 bits per heavy atom. The summed E-state index contributed by atoms with van der Waals surface area (Å²) in [5.74, 6) is -1.10. The minimum Gasteiger partial charge on any atom is -0.452 e. The SMILES string of the molecule is O=C(COC(=O)c1ccc(Cl)c(S(=O)(=O)N2CCCCCC2)c1)NC1CCCCC1. The summed E-state index contributed by atoms with van der Waals surface area (Å²) in [6.07, 6.45) is 8.82. The van der Waals surface area contributed by atoms with Crippen LogP contribution in [0, 0.1) is 0 Å². The molecule has 7 nitrogen and oxygen atoms in total. The molecule has 0 unspecified atom stereocenters. The van der Waals surface area contributed by atoms with E-state index in [9.17, 15) is 18.0 Å². The van der Waals surface area contributed by atoms with E-state index >= 15 is 0 Å². The van der Waals surface area contributed by atoms with Crippen molar-refractivity contribution in [2.45, 2.75) is 68.7 Å². The van der Waals surface area contributed by atoms with Crippen molar-refractivity contribution in [2.75, 3.05) is 19.7 Å². The second kappa shape index (κ2) is 10.6. The first-order valence-electron chi connectivity index (χ1n) is 10.6. The minimum absolute atomic E-state index is 0.0539. The average molecular weight is 457 g/mol. The van der Waals surface area contributed by atoms with Crippen LogP contribution in [0.1, 0.15) is 68.1 Å². The van der Waals surface area contributed by atoms with Crippen molar-refractivity contribution in [1.29, 1.82) is 0 Å². The van der Waals surface area contributed by atoms with Crippen LogP contribution in [0.15, 0.2) is 23.1 Å². The van der Waals surface area contributed by atoms with Crippen molar-refractivity contribution in [1.82, 2.24) is 9.62 Å². The molecule has 0 atom stereocenters. The van der Waals surface area contributed by atoms with E-state index in [1.54, 1.807) is 0 Å². The molecule has 1 saturated heterocycles. The molecule has 1 N–H and O–H groups in total. The first-order chi connectivity index (χ1) is 14.4. The van der Waals surface area contributed by atoms with Crippen molar-refractivity contribution >= 4 is 33.5 Å². The number of benzene rings is 1. The molecular weight excluding hydrogens is 428 g/mol. The summed E-state index contributed by atoms with van der Waals surface area (Å²) in [5.41, 5.74) is 0.0539. The van der Waals surface area contributed by atoms with Gasteiger partial charge in [0.25, 0.3) is 5.91 Å². The van der Waals surface area contributed by atoms with Crippen LogP contribution >= 0.6 is 11.6 Å². The van der Waals surface area contributed by atoms with Gasteiger partial charge in [-0.1, -0.05) is 43.7 Å². The maximum atomic E-state index is 13.0. The summed E-state index contributed by atoms with van der Waals surface area (Å²) in [7, 11) is -3.81. The molecule has 1 amide bonds. The van der Waals surface area contributed by atoms with Crippen molar-refractivity contribution in [3.63, 3.8) is 0 Å². The summed E-state index contributed by atoms with van der Waals surface area (Å²) in [6.45, 7) is 0.482. The van der Waals surface area contributed by atoms with E-state index < -0.39 is 22.6 Å². The van der Waals surface area contributed by atoms with Gasteiger partial charge in [-0.25, -0.2) is 13.2 Å². The number of carbonyl (C=O) groups is 2. The van der Waals surface area contributed by atoms with Gasteiger partial charge in [-0.3, -0.25) is 4.79 Å². The maximum absolute atomic E-state index is 13.0. The van der Waals surface area contributed by atoms with Crippen LogP contribution in [0.25, 0.3) is 0 Å². The first kappa shape index (κ1) is 23.0. The van der Waals surface area contributed by atoms with E-state index in [-0.39, 0.29) is 27.4 Å². The van der Waals surface area contributed by atoms with Crippen molar-refractivity contribution in [3.05, 3.63) is 28.8 Å². The highest BCUT2D eigenvalue weighted by molar-refractivity contribution is 7.89. The molecular formula is C21H29ClN2O5S. The van der Waals surface area contributed by atoms with Crippen LogP contribution in [-0.4, -0.2) is 50.3 Å². The summed E-state index contributed by atoms with van der Waals surface area (Å²) in [4.78, 5) is 24.4. The Morgan fingerprint density at radius 2 is 1.67 bits per heavy atom. The van der Waals surface area contributed by atoms with E-state index in [0.29, 0.717) is 13.1 Å². The highest BCUT2D eigenvalue weighted by atomic mass is 35.5. The summed E-state index contributed by atoms with van der Waals surface area (Å²) < 4.78 is 32.6. The second-order valence-electron chi connectivity index (χ2n) is 7.94. The Bertz CT molecular complexity index is 860. The molecule has 1 aliphatic carbocycles. The number of hydrogen-bond acceptors (Lipinski definition) is 5. The van der Waals surface area contributed by atoms with Crippen LogP contribution < -0.4 is 5.32 Å². The largest absolute Gasteiger partial charge is 0.452 e. The lowest BCUT2D eigenvalue weighted by Gasteiger charge is -2.22. The van der Waals surface area contributed by atoms with Crippen molar-refractivity contribution in [2.24, 2.45) is 0 Å². The van der Waals surface area contributed by atoms with Gasteiger partial charge in [-0.15, -0.1) is 0 Å². The molecule has 1 aromatic carbocycles. The summed E-state index contributed by atoms with van der Waals surface area (Å²) in [5, 5.41) is 2.94. The van der Waals surface area contributed by atoms with Gasteiger partial charge < -0.3 is 10.1 Å².